The summed E-state index contributed by atoms with van der Waals surface area (Å²) in [5.41, 5.74) is 4.61. The van der Waals surface area contributed by atoms with E-state index in [-0.39, 0.29) is 12.1 Å². The Bertz CT molecular complexity index is 886. The van der Waals surface area contributed by atoms with Crippen LogP contribution >= 0.6 is 0 Å². The number of benzene rings is 2. The Morgan fingerprint density at radius 2 is 1.50 bits per heavy atom. The molecule has 0 fully saturated rings. The largest absolute Gasteiger partial charge is 0.490 e. The van der Waals surface area contributed by atoms with Crippen LogP contribution in [0, 0.1) is 0 Å². The SMILES string of the molecule is CCOc1cc(NC(=O)NC(CC)c2ccc3c(c2)CCCC3)cc(OCC)c1OCC. The quantitative estimate of drug-likeness (QED) is 0.473. The number of carbonyl (C=O) groups excluding carboxylic acids is 1. The van der Waals surface area contributed by atoms with Gasteiger partial charge in [0, 0.05) is 12.1 Å². The van der Waals surface area contributed by atoms with Gasteiger partial charge in [0.05, 0.1) is 31.5 Å². The van der Waals surface area contributed by atoms with Crippen molar-refractivity contribution in [3.63, 3.8) is 0 Å². The van der Waals surface area contributed by atoms with Gasteiger partial charge in [-0.2, -0.15) is 0 Å². The van der Waals surface area contributed by atoms with Crippen molar-refractivity contribution in [1.29, 1.82) is 0 Å². The first-order valence-electron chi connectivity index (χ1n) is 11.8. The fourth-order valence-corrected chi connectivity index (χ4v) is 4.18. The third kappa shape index (κ3) is 5.87. The molecular weight excluding hydrogens is 404 g/mol. The number of carbonyl (C=O) groups is 1. The molecule has 0 bridgehead atoms. The Morgan fingerprint density at radius 3 is 2.09 bits per heavy atom. The summed E-state index contributed by atoms with van der Waals surface area (Å²) in [7, 11) is 0. The Labute approximate surface area is 191 Å². The first-order valence-corrected chi connectivity index (χ1v) is 11.8. The molecule has 2 amide bonds. The molecule has 2 N–H and O–H groups in total. The van der Waals surface area contributed by atoms with Gasteiger partial charge in [0.1, 0.15) is 0 Å². The number of aryl methyl sites for hydroxylation is 2. The molecule has 0 aromatic heterocycles. The average Bonchev–Trinajstić information content (AvgIpc) is 2.79. The molecule has 0 saturated carbocycles. The lowest BCUT2D eigenvalue weighted by atomic mass is 9.89. The van der Waals surface area contributed by atoms with E-state index < -0.39 is 0 Å². The zero-order valence-corrected chi connectivity index (χ0v) is 19.8. The number of rotatable bonds is 10. The number of fused-ring (bicyclic) bond motifs is 1. The summed E-state index contributed by atoms with van der Waals surface area (Å²) in [6.45, 7) is 9.28. The van der Waals surface area contributed by atoms with Crippen LogP contribution in [0.3, 0.4) is 0 Å². The number of urea groups is 1. The summed E-state index contributed by atoms with van der Waals surface area (Å²) in [5, 5.41) is 6.06. The summed E-state index contributed by atoms with van der Waals surface area (Å²) in [5.74, 6) is 1.66. The van der Waals surface area contributed by atoms with Gasteiger partial charge in [0.25, 0.3) is 0 Å². The third-order valence-electron chi connectivity index (χ3n) is 5.66. The molecule has 1 aliphatic rings. The highest BCUT2D eigenvalue weighted by molar-refractivity contribution is 5.90. The third-order valence-corrected chi connectivity index (χ3v) is 5.66. The van der Waals surface area contributed by atoms with E-state index in [1.165, 1.54) is 24.0 Å². The topological polar surface area (TPSA) is 68.8 Å². The molecule has 2 aromatic rings. The van der Waals surface area contributed by atoms with Crippen LogP contribution in [0.25, 0.3) is 0 Å². The molecule has 0 spiro atoms. The molecule has 0 saturated heterocycles. The van der Waals surface area contributed by atoms with Gasteiger partial charge >= 0.3 is 6.03 Å². The smallest absolute Gasteiger partial charge is 0.319 e. The fourth-order valence-electron chi connectivity index (χ4n) is 4.18. The maximum absolute atomic E-state index is 12.9. The predicted molar refractivity (Wildman–Crippen MR) is 128 cm³/mol. The number of hydrogen-bond acceptors (Lipinski definition) is 4. The van der Waals surface area contributed by atoms with Crippen molar-refractivity contribution in [2.45, 2.75) is 65.8 Å². The Balaban J connectivity index is 1.76. The Kier molecular flexibility index (Phi) is 8.65. The standard InChI is InChI=1S/C26H36N2O4/c1-5-22(20-14-13-18-11-9-10-12-19(18)15-20)28-26(29)27-21-16-23(30-6-2)25(32-8-4)24(17-21)31-7-3/h13-17,22H,5-12H2,1-4H3,(H2,27,28,29). The number of amides is 2. The number of anilines is 1. The molecular formula is C26H36N2O4. The van der Waals surface area contributed by atoms with Crippen LogP contribution in [-0.2, 0) is 12.8 Å². The number of nitrogens with one attached hydrogen (secondary N) is 2. The van der Waals surface area contributed by atoms with Crippen molar-refractivity contribution in [2.24, 2.45) is 0 Å². The second-order valence-corrected chi connectivity index (χ2v) is 7.90. The molecule has 32 heavy (non-hydrogen) atoms. The molecule has 1 atom stereocenters. The fraction of sp³-hybridized carbons (Fsp3) is 0.500. The minimum Gasteiger partial charge on any atom is -0.490 e. The first kappa shape index (κ1) is 23.8. The molecule has 0 heterocycles. The molecule has 3 rings (SSSR count). The normalized spacial score (nSPS) is 13.6. The molecule has 6 nitrogen and oxygen atoms in total. The van der Waals surface area contributed by atoms with Gasteiger partial charge in [-0.15, -0.1) is 0 Å². The summed E-state index contributed by atoms with van der Waals surface area (Å²) in [6, 6.07) is 9.87. The molecule has 1 aliphatic carbocycles. The zero-order chi connectivity index (χ0) is 22.9. The van der Waals surface area contributed by atoms with E-state index in [4.69, 9.17) is 14.2 Å². The second kappa shape index (κ2) is 11.7. The molecule has 6 heteroatoms. The van der Waals surface area contributed by atoms with E-state index >= 15 is 0 Å². The van der Waals surface area contributed by atoms with Crippen LogP contribution in [0.1, 0.15) is 69.7 Å². The van der Waals surface area contributed by atoms with Crippen molar-refractivity contribution in [3.05, 3.63) is 47.0 Å². The zero-order valence-electron chi connectivity index (χ0n) is 19.8. The van der Waals surface area contributed by atoms with Crippen LogP contribution in [-0.4, -0.2) is 25.9 Å². The first-order chi connectivity index (χ1) is 15.6. The van der Waals surface area contributed by atoms with E-state index in [2.05, 4.69) is 35.8 Å². The van der Waals surface area contributed by atoms with Crippen molar-refractivity contribution >= 4 is 11.7 Å². The van der Waals surface area contributed by atoms with Gasteiger partial charge in [0.2, 0.25) is 5.75 Å². The van der Waals surface area contributed by atoms with E-state index in [1.54, 1.807) is 12.1 Å². The lowest BCUT2D eigenvalue weighted by Crippen LogP contribution is -2.32. The van der Waals surface area contributed by atoms with Crippen LogP contribution in [0.4, 0.5) is 10.5 Å². The van der Waals surface area contributed by atoms with E-state index in [0.717, 1.165) is 24.8 Å². The van der Waals surface area contributed by atoms with E-state index in [1.807, 2.05) is 20.8 Å². The van der Waals surface area contributed by atoms with Crippen LogP contribution < -0.4 is 24.8 Å². The molecule has 0 aliphatic heterocycles. The minimum absolute atomic E-state index is 0.0531. The minimum atomic E-state index is -0.261. The van der Waals surface area contributed by atoms with Crippen LogP contribution in [0.2, 0.25) is 0 Å². The van der Waals surface area contributed by atoms with Crippen molar-refractivity contribution in [1.82, 2.24) is 5.32 Å². The predicted octanol–water partition coefficient (Wildman–Crippen LogP) is 6.03. The molecule has 0 radical (unpaired) electrons. The van der Waals surface area contributed by atoms with Crippen molar-refractivity contribution < 1.29 is 19.0 Å². The summed E-state index contributed by atoms with van der Waals surface area (Å²) < 4.78 is 17.2. The summed E-state index contributed by atoms with van der Waals surface area (Å²) >= 11 is 0. The number of hydrogen-bond donors (Lipinski definition) is 2. The van der Waals surface area contributed by atoms with Crippen molar-refractivity contribution in [2.75, 3.05) is 25.1 Å². The van der Waals surface area contributed by atoms with E-state index in [0.29, 0.717) is 42.8 Å². The lowest BCUT2D eigenvalue weighted by Gasteiger charge is -2.22. The maximum Gasteiger partial charge on any atom is 0.319 e. The van der Waals surface area contributed by atoms with Gasteiger partial charge in [-0.05, 0) is 69.6 Å². The monoisotopic (exact) mass is 440 g/mol. The highest BCUT2D eigenvalue weighted by Crippen LogP contribution is 2.41. The molecule has 2 aromatic carbocycles. The number of ether oxygens (including phenoxy) is 3. The molecule has 174 valence electrons. The van der Waals surface area contributed by atoms with Gasteiger partial charge in [0.15, 0.2) is 11.5 Å². The van der Waals surface area contributed by atoms with Gasteiger partial charge in [-0.25, -0.2) is 4.79 Å². The van der Waals surface area contributed by atoms with Gasteiger partial charge < -0.3 is 24.8 Å². The highest BCUT2D eigenvalue weighted by Gasteiger charge is 2.19. The van der Waals surface area contributed by atoms with Crippen LogP contribution in [0.15, 0.2) is 30.3 Å². The van der Waals surface area contributed by atoms with E-state index in [9.17, 15) is 4.79 Å². The van der Waals surface area contributed by atoms with Crippen molar-refractivity contribution in [3.8, 4) is 17.2 Å². The van der Waals surface area contributed by atoms with Gasteiger partial charge in [-0.3, -0.25) is 0 Å². The maximum atomic E-state index is 12.9. The Morgan fingerprint density at radius 1 is 0.875 bits per heavy atom. The lowest BCUT2D eigenvalue weighted by molar-refractivity contribution is 0.248. The second-order valence-electron chi connectivity index (χ2n) is 7.90. The van der Waals surface area contributed by atoms with Gasteiger partial charge in [-0.1, -0.05) is 25.1 Å². The highest BCUT2D eigenvalue weighted by atomic mass is 16.5. The Hall–Kier alpha value is -2.89. The summed E-state index contributed by atoms with van der Waals surface area (Å²) in [4.78, 5) is 12.9. The molecule has 1 unspecified atom stereocenters. The van der Waals surface area contributed by atoms with Crippen LogP contribution in [0.5, 0.6) is 17.2 Å². The average molecular weight is 441 g/mol. The summed E-state index contributed by atoms with van der Waals surface area (Å²) in [6.07, 6.45) is 5.59.